The van der Waals surface area contributed by atoms with Crippen molar-refractivity contribution in [1.82, 2.24) is 5.01 Å². The number of halogens is 1. The third-order valence-corrected chi connectivity index (χ3v) is 5.94. The Morgan fingerprint density at radius 2 is 1.83 bits per heavy atom. The van der Waals surface area contributed by atoms with Gasteiger partial charge >= 0.3 is 0 Å². The normalized spacial score (nSPS) is 19.1. The number of benzene rings is 2. The predicted molar refractivity (Wildman–Crippen MR) is 116 cm³/mol. The van der Waals surface area contributed by atoms with Gasteiger partial charge in [0.15, 0.2) is 5.78 Å². The summed E-state index contributed by atoms with van der Waals surface area (Å²) in [6.45, 7) is 2.02. The van der Waals surface area contributed by atoms with Gasteiger partial charge in [0.05, 0.1) is 23.2 Å². The summed E-state index contributed by atoms with van der Waals surface area (Å²) < 4.78 is 0.944. The molecule has 4 rings (SSSR count). The lowest BCUT2D eigenvalue weighted by molar-refractivity contribution is -0.116. The van der Waals surface area contributed by atoms with E-state index in [-0.39, 0.29) is 5.78 Å². The van der Waals surface area contributed by atoms with Crippen molar-refractivity contribution in [3.8, 4) is 6.07 Å². The maximum atomic E-state index is 13.0. The summed E-state index contributed by atoms with van der Waals surface area (Å²) in [5.41, 5.74) is 14.6. The maximum absolute atomic E-state index is 13.0. The highest BCUT2D eigenvalue weighted by Crippen LogP contribution is 2.44. The van der Waals surface area contributed by atoms with E-state index >= 15 is 0 Å². The number of nitrogens with zero attached hydrogens (tertiary/aromatic N) is 2. The molecule has 2 aromatic rings. The molecule has 0 spiro atoms. The van der Waals surface area contributed by atoms with Gasteiger partial charge in [0.1, 0.15) is 5.82 Å². The average Bonchev–Trinajstić information content (AvgIpc) is 2.72. The number of Topliss-reactive ketones (excluding diaryl/α,β-unsaturated/α-hetero) is 1. The van der Waals surface area contributed by atoms with E-state index in [1.807, 2.05) is 55.5 Å². The molecule has 0 amide bonds. The number of rotatable bonds is 3. The highest BCUT2D eigenvalue weighted by atomic mass is 79.9. The van der Waals surface area contributed by atoms with Gasteiger partial charge in [-0.2, -0.15) is 5.26 Å². The van der Waals surface area contributed by atoms with Gasteiger partial charge in [0, 0.05) is 22.2 Å². The number of ketones is 1. The molecule has 0 bridgehead atoms. The first kappa shape index (κ1) is 19.3. The minimum Gasteiger partial charge on any atom is -0.383 e. The van der Waals surface area contributed by atoms with Crippen LogP contribution in [-0.4, -0.2) is 10.8 Å². The highest BCUT2D eigenvalue weighted by Gasteiger charge is 2.40. The van der Waals surface area contributed by atoms with E-state index in [0.717, 1.165) is 39.8 Å². The number of hydrazine groups is 1. The second-order valence-corrected chi connectivity index (χ2v) is 8.26. The van der Waals surface area contributed by atoms with Crippen LogP contribution in [0.3, 0.4) is 0 Å². The zero-order chi connectivity index (χ0) is 20.5. The second-order valence-electron chi connectivity index (χ2n) is 7.35. The van der Waals surface area contributed by atoms with Crippen molar-refractivity contribution >= 4 is 27.4 Å². The Morgan fingerprint density at radius 3 is 2.48 bits per heavy atom. The molecule has 6 heteroatoms. The van der Waals surface area contributed by atoms with Crippen LogP contribution >= 0.6 is 15.9 Å². The summed E-state index contributed by atoms with van der Waals surface area (Å²) in [5.74, 6) is -0.0171. The zero-order valence-electron chi connectivity index (χ0n) is 16.1. The molecule has 0 saturated carbocycles. The Kier molecular flexibility index (Phi) is 5.16. The molecule has 1 aliphatic heterocycles. The number of hydrogen-bond acceptors (Lipinski definition) is 5. The van der Waals surface area contributed by atoms with Crippen LogP contribution in [0.15, 0.2) is 75.7 Å². The fourth-order valence-electron chi connectivity index (χ4n) is 3.96. The first-order valence-electron chi connectivity index (χ1n) is 9.54. The van der Waals surface area contributed by atoms with Gasteiger partial charge in [-0.25, -0.2) is 5.01 Å². The molecule has 3 N–H and O–H groups in total. The lowest BCUT2D eigenvalue weighted by Crippen LogP contribution is -2.41. The highest BCUT2D eigenvalue weighted by molar-refractivity contribution is 9.10. The number of carbonyl (C=O) groups excluding carboxylic acids is 1. The van der Waals surface area contributed by atoms with E-state index in [1.165, 1.54) is 0 Å². The lowest BCUT2D eigenvalue weighted by atomic mass is 9.76. The van der Waals surface area contributed by atoms with Gasteiger partial charge < -0.3 is 5.73 Å². The molecule has 5 nitrogen and oxygen atoms in total. The molecule has 0 fully saturated rings. The third-order valence-electron chi connectivity index (χ3n) is 5.41. The average molecular weight is 449 g/mol. The largest absolute Gasteiger partial charge is 0.383 e. The predicted octanol–water partition coefficient (Wildman–Crippen LogP) is 4.88. The molecule has 1 aliphatic carbocycles. The summed E-state index contributed by atoms with van der Waals surface area (Å²) in [5, 5.41) is 11.7. The van der Waals surface area contributed by atoms with E-state index in [4.69, 9.17) is 5.73 Å². The number of hydrogen-bond donors (Lipinski definition) is 2. The summed E-state index contributed by atoms with van der Waals surface area (Å²) >= 11 is 3.45. The molecule has 2 aliphatic rings. The molecular weight excluding hydrogens is 428 g/mol. The van der Waals surface area contributed by atoms with Crippen molar-refractivity contribution in [3.05, 3.63) is 86.8 Å². The van der Waals surface area contributed by atoms with Crippen LogP contribution in [0.1, 0.15) is 36.3 Å². The van der Waals surface area contributed by atoms with Crippen LogP contribution in [0.5, 0.6) is 0 Å². The lowest BCUT2D eigenvalue weighted by Gasteiger charge is -2.39. The van der Waals surface area contributed by atoms with Crippen molar-refractivity contribution in [2.45, 2.75) is 32.1 Å². The molecule has 1 heterocycles. The smallest absolute Gasteiger partial charge is 0.161 e. The standard InChI is InChI=1S/C23H21BrN4O/c1-14-5-11-17(12-6-14)27-28-19-3-2-4-20(29)22(19)21(18(13-25)23(28)26)15-7-9-16(24)10-8-15/h5-12,21,27H,2-4,26H2,1H3/t21-/m1/s1. The molecule has 0 saturated heterocycles. The summed E-state index contributed by atoms with van der Waals surface area (Å²) in [6, 6.07) is 17.9. The topological polar surface area (TPSA) is 82.2 Å². The number of aryl methyl sites for hydroxylation is 1. The second kappa shape index (κ2) is 7.76. The quantitative estimate of drug-likeness (QED) is 0.698. The van der Waals surface area contributed by atoms with Crippen LogP contribution in [0.2, 0.25) is 0 Å². The van der Waals surface area contributed by atoms with Crippen molar-refractivity contribution in [1.29, 1.82) is 5.26 Å². The molecule has 29 heavy (non-hydrogen) atoms. The number of carbonyl (C=O) groups is 1. The fourth-order valence-corrected chi connectivity index (χ4v) is 4.22. The molecule has 2 aromatic carbocycles. The molecular formula is C23H21BrN4O. The van der Waals surface area contributed by atoms with Crippen molar-refractivity contribution < 1.29 is 4.79 Å². The van der Waals surface area contributed by atoms with Crippen LogP contribution in [0, 0.1) is 18.3 Å². The maximum Gasteiger partial charge on any atom is 0.161 e. The number of nitriles is 1. The van der Waals surface area contributed by atoms with E-state index in [2.05, 4.69) is 27.4 Å². The van der Waals surface area contributed by atoms with Crippen molar-refractivity contribution in [3.63, 3.8) is 0 Å². The van der Waals surface area contributed by atoms with Gasteiger partial charge in [0.25, 0.3) is 0 Å². The Balaban J connectivity index is 1.84. The number of nitrogens with two attached hydrogens (primary N) is 1. The Bertz CT molecular complexity index is 1060. The van der Waals surface area contributed by atoms with Crippen LogP contribution in [0.25, 0.3) is 0 Å². The van der Waals surface area contributed by atoms with E-state index in [9.17, 15) is 10.1 Å². The first-order valence-corrected chi connectivity index (χ1v) is 10.3. The van der Waals surface area contributed by atoms with E-state index in [1.54, 1.807) is 5.01 Å². The molecule has 0 unspecified atom stereocenters. The number of anilines is 1. The molecule has 0 aromatic heterocycles. The van der Waals surface area contributed by atoms with Gasteiger partial charge in [-0.15, -0.1) is 0 Å². The van der Waals surface area contributed by atoms with Gasteiger partial charge in [-0.3, -0.25) is 10.2 Å². The minimum atomic E-state index is -0.438. The van der Waals surface area contributed by atoms with Gasteiger partial charge in [-0.05, 0) is 49.6 Å². The van der Waals surface area contributed by atoms with Gasteiger partial charge in [0.2, 0.25) is 0 Å². The Labute approximate surface area is 178 Å². The Morgan fingerprint density at radius 1 is 1.14 bits per heavy atom. The molecule has 1 atom stereocenters. The van der Waals surface area contributed by atoms with Crippen molar-refractivity contribution in [2.24, 2.45) is 5.73 Å². The Hall–Kier alpha value is -3.04. The number of allylic oxidation sites excluding steroid dienone is 3. The van der Waals surface area contributed by atoms with Crippen LogP contribution in [0.4, 0.5) is 5.69 Å². The van der Waals surface area contributed by atoms with Crippen LogP contribution in [-0.2, 0) is 4.79 Å². The molecule has 0 radical (unpaired) electrons. The minimum absolute atomic E-state index is 0.0788. The van der Waals surface area contributed by atoms with E-state index < -0.39 is 5.92 Å². The van der Waals surface area contributed by atoms with Gasteiger partial charge in [-0.1, -0.05) is 45.8 Å². The summed E-state index contributed by atoms with van der Waals surface area (Å²) in [4.78, 5) is 13.0. The first-order chi connectivity index (χ1) is 14.0. The van der Waals surface area contributed by atoms with Crippen LogP contribution < -0.4 is 11.2 Å². The SMILES string of the molecule is Cc1ccc(NN2C(N)=C(C#N)[C@@H](c3ccc(Br)cc3)C3=C2CCCC3=O)cc1. The third kappa shape index (κ3) is 3.54. The number of nitrogens with one attached hydrogen (secondary N) is 1. The molecule has 146 valence electrons. The van der Waals surface area contributed by atoms with Crippen molar-refractivity contribution in [2.75, 3.05) is 5.43 Å². The summed E-state index contributed by atoms with van der Waals surface area (Å²) in [6.07, 6.45) is 1.99. The monoisotopic (exact) mass is 448 g/mol. The van der Waals surface area contributed by atoms with E-state index in [0.29, 0.717) is 23.4 Å². The summed E-state index contributed by atoms with van der Waals surface area (Å²) in [7, 11) is 0. The zero-order valence-corrected chi connectivity index (χ0v) is 17.7. The fraction of sp³-hybridized carbons (Fsp3) is 0.217.